The molecule has 28 heavy (non-hydrogen) atoms. The minimum absolute atomic E-state index is 0.0836. The number of aliphatic hydroxyl groups excluding tert-OH is 2. The Kier molecular flexibility index (Phi) is 5.40. The Labute approximate surface area is 167 Å². The van der Waals surface area contributed by atoms with Crippen molar-refractivity contribution in [2.24, 2.45) is 0 Å². The lowest BCUT2D eigenvalue weighted by molar-refractivity contribution is 0.00845. The molecule has 0 saturated carbocycles. The Morgan fingerprint density at radius 1 is 1.32 bits per heavy atom. The van der Waals surface area contributed by atoms with Crippen LogP contribution in [0.5, 0.6) is 0 Å². The summed E-state index contributed by atoms with van der Waals surface area (Å²) >= 11 is 1.51. The molecule has 0 bridgehead atoms. The van der Waals surface area contributed by atoms with Crippen molar-refractivity contribution in [3.8, 4) is 0 Å². The standard InChI is InChI=1S/C19H24N6O2S/c1-11(13-5-3-4-7-21-13)22-19-23-14-9-15(20-2)28-17(14)16(24-19)18(27)25-8-6-12(26)10-25/h3-5,7,9,11-12,18,20,26-27H,6,8,10H2,1-2H3,(H,22,23,24). The quantitative estimate of drug-likeness (QED) is 0.500. The van der Waals surface area contributed by atoms with E-state index in [4.69, 9.17) is 0 Å². The molecule has 8 nitrogen and oxygen atoms in total. The lowest BCUT2D eigenvalue weighted by Gasteiger charge is -2.23. The average molecular weight is 401 g/mol. The summed E-state index contributed by atoms with van der Waals surface area (Å²) in [4.78, 5) is 15.5. The zero-order chi connectivity index (χ0) is 19.7. The van der Waals surface area contributed by atoms with Gasteiger partial charge in [-0.15, -0.1) is 11.3 Å². The normalized spacial score (nSPS) is 19.6. The molecular weight excluding hydrogens is 376 g/mol. The number of nitrogens with zero attached hydrogens (tertiary/aromatic N) is 4. The van der Waals surface area contributed by atoms with E-state index in [0.29, 0.717) is 31.2 Å². The number of anilines is 2. The smallest absolute Gasteiger partial charge is 0.224 e. The predicted molar refractivity (Wildman–Crippen MR) is 110 cm³/mol. The highest BCUT2D eigenvalue weighted by molar-refractivity contribution is 7.22. The maximum absolute atomic E-state index is 11.0. The van der Waals surface area contributed by atoms with Crippen molar-refractivity contribution >= 4 is 32.5 Å². The SMILES string of the molecule is CNc1cc2nc(NC(C)c3ccccn3)nc(C(O)N3CCC(O)C3)c2s1. The molecule has 3 unspecified atom stereocenters. The number of hydrogen-bond acceptors (Lipinski definition) is 9. The third-order valence-electron chi connectivity index (χ3n) is 4.91. The number of pyridine rings is 1. The number of rotatable bonds is 6. The number of aliphatic hydroxyl groups is 2. The number of thiophene rings is 1. The first-order valence-electron chi connectivity index (χ1n) is 9.32. The highest BCUT2D eigenvalue weighted by Crippen LogP contribution is 2.36. The van der Waals surface area contributed by atoms with E-state index in [-0.39, 0.29) is 6.04 Å². The van der Waals surface area contributed by atoms with Crippen LogP contribution in [0.1, 0.15) is 37.0 Å². The maximum atomic E-state index is 11.0. The molecule has 3 aromatic rings. The second-order valence-corrected chi connectivity index (χ2v) is 7.99. The molecule has 0 amide bonds. The molecule has 0 spiro atoms. The van der Waals surface area contributed by atoms with Crippen molar-refractivity contribution < 1.29 is 10.2 Å². The van der Waals surface area contributed by atoms with Gasteiger partial charge in [-0.1, -0.05) is 6.07 Å². The highest BCUT2D eigenvalue weighted by Gasteiger charge is 2.30. The van der Waals surface area contributed by atoms with Crippen LogP contribution in [0.15, 0.2) is 30.5 Å². The van der Waals surface area contributed by atoms with Crippen LogP contribution in [0, 0.1) is 0 Å². The van der Waals surface area contributed by atoms with E-state index in [1.165, 1.54) is 11.3 Å². The molecule has 148 valence electrons. The summed E-state index contributed by atoms with van der Waals surface area (Å²) in [7, 11) is 1.85. The Balaban J connectivity index is 1.69. The van der Waals surface area contributed by atoms with Crippen LogP contribution in [0.2, 0.25) is 0 Å². The fourth-order valence-corrected chi connectivity index (χ4v) is 4.33. The third-order valence-corrected chi connectivity index (χ3v) is 6.07. The minimum atomic E-state index is -0.892. The highest BCUT2D eigenvalue weighted by atomic mass is 32.1. The first-order valence-corrected chi connectivity index (χ1v) is 10.1. The van der Waals surface area contributed by atoms with Gasteiger partial charge in [0, 0.05) is 26.3 Å². The monoisotopic (exact) mass is 400 g/mol. The molecule has 1 aliphatic heterocycles. The Morgan fingerprint density at radius 2 is 2.18 bits per heavy atom. The van der Waals surface area contributed by atoms with Gasteiger partial charge in [-0.3, -0.25) is 9.88 Å². The van der Waals surface area contributed by atoms with E-state index in [0.717, 1.165) is 20.9 Å². The van der Waals surface area contributed by atoms with Gasteiger partial charge in [0.1, 0.15) is 5.69 Å². The van der Waals surface area contributed by atoms with Gasteiger partial charge in [0.25, 0.3) is 0 Å². The van der Waals surface area contributed by atoms with Gasteiger partial charge >= 0.3 is 0 Å². The van der Waals surface area contributed by atoms with Crippen molar-refractivity contribution in [1.29, 1.82) is 0 Å². The molecule has 0 aromatic carbocycles. The number of fused-ring (bicyclic) bond motifs is 1. The van der Waals surface area contributed by atoms with Gasteiger partial charge in [-0.2, -0.15) is 0 Å². The van der Waals surface area contributed by atoms with Crippen molar-refractivity contribution in [3.05, 3.63) is 41.9 Å². The second-order valence-electron chi connectivity index (χ2n) is 6.94. The van der Waals surface area contributed by atoms with E-state index in [9.17, 15) is 10.2 Å². The Morgan fingerprint density at radius 3 is 2.86 bits per heavy atom. The Hall–Kier alpha value is -2.33. The van der Waals surface area contributed by atoms with Gasteiger partial charge in [-0.05, 0) is 31.5 Å². The van der Waals surface area contributed by atoms with Gasteiger partial charge in [0.15, 0.2) is 6.23 Å². The van der Waals surface area contributed by atoms with Crippen LogP contribution in [0.25, 0.3) is 10.2 Å². The summed E-state index contributed by atoms with van der Waals surface area (Å²) < 4.78 is 0.842. The van der Waals surface area contributed by atoms with Crippen LogP contribution >= 0.6 is 11.3 Å². The van der Waals surface area contributed by atoms with Gasteiger partial charge in [0.05, 0.1) is 33.1 Å². The largest absolute Gasteiger partial charge is 0.392 e. The third kappa shape index (κ3) is 3.79. The van der Waals surface area contributed by atoms with E-state index in [2.05, 4.69) is 25.6 Å². The summed E-state index contributed by atoms with van der Waals surface area (Å²) in [6.07, 6.45) is 1.10. The molecule has 1 fully saturated rings. The number of β-amino-alcohol motifs (C(OH)–C–C–N with tert-alkyl or cyclic N) is 1. The molecule has 4 N–H and O–H groups in total. The number of likely N-dealkylation sites (tertiary alicyclic amines) is 1. The molecule has 0 radical (unpaired) electrons. The summed E-state index contributed by atoms with van der Waals surface area (Å²) in [5.41, 5.74) is 2.22. The van der Waals surface area contributed by atoms with Crippen LogP contribution in [0.4, 0.5) is 10.9 Å². The van der Waals surface area contributed by atoms with Crippen LogP contribution in [0.3, 0.4) is 0 Å². The molecule has 9 heteroatoms. The summed E-state index contributed by atoms with van der Waals surface area (Å²) in [5, 5.41) is 28.2. The van der Waals surface area contributed by atoms with E-state index >= 15 is 0 Å². The molecule has 1 saturated heterocycles. The number of aromatic nitrogens is 3. The number of hydrogen-bond donors (Lipinski definition) is 4. The molecule has 0 aliphatic carbocycles. The first kappa shape index (κ1) is 19.0. The molecule has 4 rings (SSSR count). The summed E-state index contributed by atoms with van der Waals surface area (Å²) in [5.74, 6) is 0.444. The zero-order valence-electron chi connectivity index (χ0n) is 15.8. The number of nitrogens with one attached hydrogen (secondary N) is 2. The zero-order valence-corrected chi connectivity index (χ0v) is 16.6. The minimum Gasteiger partial charge on any atom is -0.392 e. The van der Waals surface area contributed by atoms with Crippen LogP contribution in [-0.2, 0) is 0 Å². The summed E-state index contributed by atoms with van der Waals surface area (Å²) in [6, 6.07) is 7.63. The molecule has 3 atom stereocenters. The average Bonchev–Trinajstić information content (AvgIpc) is 3.33. The van der Waals surface area contributed by atoms with Crippen LogP contribution in [-0.4, -0.2) is 56.3 Å². The fourth-order valence-electron chi connectivity index (χ4n) is 3.38. The maximum Gasteiger partial charge on any atom is 0.224 e. The van der Waals surface area contributed by atoms with Gasteiger partial charge in [-0.25, -0.2) is 9.97 Å². The lowest BCUT2D eigenvalue weighted by atomic mass is 10.2. The fraction of sp³-hybridized carbons (Fsp3) is 0.421. The van der Waals surface area contributed by atoms with E-state index in [1.54, 1.807) is 6.20 Å². The summed E-state index contributed by atoms with van der Waals surface area (Å²) in [6.45, 7) is 3.06. The van der Waals surface area contributed by atoms with Crippen molar-refractivity contribution in [3.63, 3.8) is 0 Å². The molecule has 3 aromatic heterocycles. The van der Waals surface area contributed by atoms with E-state index in [1.807, 2.05) is 43.1 Å². The second kappa shape index (κ2) is 7.96. The topological polar surface area (TPSA) is 106 Å². The van der Waals surface area contributed by atoms with E-state index < -0.39 is 12.3 Å². The van der Waals surface area contributed by atoms with Crippen molar-refractivity contribution in [2.75, 3.05) is 30.8 Å². The lowest BCUT2D eigenvalue weighted by Crippen LogP contribution is -2.28. The van der Waals surface area contributed by atoms with Crippen LogP contribution < -0.4 is 10.6 Å². The predicted octanol–water partition coefficient (Wildman–Crippen LogP) is 2.36. The van der Waals surface area contributed by atoms with Crippen molar-refractivity contribution in [1.82, 2.24) is 19.9 Å². The Bertz CT molecular complexity index is 950. The molecular formula is C19H24N6O2S. The molecule has 4 heterocycles. The van der Waals surface area contributed by atoms with Gasteiger partial charge < -0.3 is 20.8 Å². The first-order chi connectivity index (χ1) is 13.5. The molecule has 1 aliphatic rings. The van der Waals surface area contributed by atoms with Crippen molar-refractivity contribution in [2.45, 2.75) is 31.7 Å². The van der Waals surface area contributed by atoms with Gasteiger partial charge in [0.2, 0.25) is 5.95 Å².